The van der Waals surface area contributed by atoms with Crippen LogP contribution in [0.5, 0.6) is 0 Å². The van der Waals surface area contributed by atoms with Gasteiger partial charge in [0.25, 0.3) is 0 Å². The van der Waals surface area contributed by atoms with Crippen molar-refractivity contribution in [2.45, 2.75) is 12.5 Å². The summed E-state index contributed by atoms with van der Waals surface area (Å²) in [7, 11) is 0. The van der Waals surface area contributed by atoms with Crippen molar-refractivity contribution in [3.05, 3.63) is 35.4 Å². The minimum atomic E-state index is -0.576. The van der Waals surface area contributed by atoms with E-state index in [1.807, 2.05) is 6.07 Å². The highest BCUT2D eigenvalue weighted by Gasteiger charge is 2.02. The predicted octanol–water partition coefficient (Wildman–Crippen LogP) is 0.538. The fourth-order valence-corrected chi connectivity index (χ4v) is 1.01. The van der Waals surface area contributed by atoms with E-state index >= 15 is 0 Å². The quantitative estimate of drug-likeness (QED) is 0.725. The molecule has 1 atom stereocenters. The number of rotatable bonds is 3. The van der Waals surface area contributed by atoms with E-state index in [-0.39, 0.29) is 0 Å². The molecule has 0 fully saturated rings. The first kappa shape index (κ1) is 9.43. The molecular formula is C10H9N2O. The van der Waals surface area contributed by atoms with Gasteiger partial charge in [-0.05, 0) is 24.1 Å². The van der Waals surface area contributed by atoms with E-state index in [1.165, 1.54) is 0 Å². The van der Waals surface area contributed by atoms with Gasteiger partial charge in [-0.2, -0.15) is 5.26 Å². The Kier molecular flexibility index (Phi) is 3.18. The van der Waals surface area contributed by atoms with E-state index in [2.05, 4.69) is 0 Å². The summed E-state index contributed by atoms with van der Waals surface area (Å²) in [5.74, 6) is 0. The molecule has 65 valence electrons. The minimum Gasteiger partial charge on any atom is -0.321 e. The highest BCUT2D eigenvalue weighted by Crippen LogP contribution is 2.04. The topological polar surface area (TPSA) is 66.9 Å². The smallest absolute Gasteiger partial charge is 0.217 e. The molecule has 0 saturated carbocycles. The zero-order chi connectivity index (χ0) is 9.68. The molecular weight excluding hydrogens is 164 g/mol. The first-order valence-corrected chi connectivity index (χ1v) is 3.88. The third-order valence-electron chi connectivity index (χ3n) is 1.69. The third-order valence-corrected chi connectivity index (χ3v) is 1.69. The number of hydrogen-bond acceptors (Lipinski definition) is 3. The largest absolute Gasteiger partial charge is 0.321 e. The van der Waals surface area contributed by atoms with Crippen LogP contribution in [0.2, 0.25) is 0 Å². The summed E-state index contributed by atoms with van der Waals surface area (Å²) < 4.78 is 0. The van der Waals surface area contributed by atoms with Gasteiger partial charge >= 0.3 is 0 Å². The van der Waals surface area contributed by atoms with Crippen molar-refractivity contribution >= 4 is 6.29 Å². The number of hydrogen-bond donors (Lipinski definition) is 1. The monoisotopic (exact) mass is 173 g/mol. The van der Waals surface area contributed by atoms with Crippen LogP contribution in [0.1, 0.15) is 11.1 Å². The molecule has 1 aromatic carbocycles. The van der Waals surface area contributed by atoms with Gasteiger partial charge in [-0.3, -0.25) is 4.79 Å². The fraction of sp³-hybridized carbons (Fsp3) is 0.200. The normalized spacial score (nSPS) is 11.7. The van der Waals surface area contributed by atoms with Crippen molar-refractivity contribution in [1.82, 2.24) is 0 Å². The van der Waals surface area contributed by atoms with Gasteiger partial charge in [-0.25, -0.2) is 0 Å². The van der Waals surface area contributed by atoms with Crippen LogP contribution in [0.15, 0.2) is 24.3 Å². The second kappa shape index (κ2) is 4.39. The van der Waals surface area contributed by atoms with E-state index < -0.39 is 6.04 Å². The first-order valence-electron chi connectivity index (χ1n) is 3.88. The van der Waals surface area contributed by atoms with Crippen molar-refractivity contribution in [3.63, 3.8) is 0 Å². The summed E-state index contributed by atoms with van der Waals surface area (Å²) in [5.41, 5.74) is 6.93. The predicted molar refractivity (Wildman–Crippen MR) is 48.5 cm³/mol. The Morgan fingerprint density at radius 2 is 2.00 bits per heavy atom. The number of nitrogens with zero attached hydrogens (tertiary/aromatic N) is 1. The average Bonchev–Trinajstić information content (AvgIpc) is 2.19. The van der Waals surface area contributed by atoms with Gasteiger partial charge in [0.15, 0.2) is 0 Å². The second-order valence-electron chi connectivity index (χ2n) is 2.74. The molecule has 1 radical (unpaired) electrons. The lowest BCUT2D eigenvalue weighted by atomic mass is 10.1. The summed E-state index contributed by atoms with van der Waals surface area (Å²) in [4.78, 5) is 10.1. The molecule has 0 heterocycles. The van der Waals surface area contributed by atoms with Crippen molar-refractivity contribution in [1.29, 1.82) is 5.26 Å². The summed E-state index contributed by atoms with van der Waals surface area (Å²) in [6, 6.07) is 8.41. The number of nitriles is 1. The van der Waals surface area contributed by atoms with Crippen LogP contribution in [0.3, 0.4) is 0 Å². The molecule has 1 rings (SSSR count). The Morgan fingerprint density at radius 3 is 2.46 bits per heavy atom. The molecule has 13 heavy (non-hydrogen) atoms. The van der Waals surface area contributed by atoms with Crippen LogP contribution in [-0.4, -0.2) is 12.3 Å². The maximum atomic E-state index is 10.1. The number of benzene rings is 1. The molecule has 1 unspecified atom stereocenters. The number of nitrogens with two attached hydrogens (primary N) is 1. The van der Waals surface area contributed by atoms with Crippen molar-refractivity contribution in [3.8, 4) is 6.07 Å². The first-order chi connectivity index (χ1) is 6.26. The highest BCUT2D eigenvalue weighted by atomic mass is 16.1. The Bertz CT molecular complexity index is 324. The zero-order valence-corrected chi connectivity index (χ0v) is 7.03. The van der Waals surface area contributed by atoms with E-state index in [1.54, 1.807) is 30.6 Å². The lowest BCUT2D eigenvalue weighted by molar-refractivity contribution is 0.541. The molecule has 2 N–H and O–H groups in total. The maximum absolute atomic E-state index is 10.1. The summed E-state index contributed by atoms with van der Waals surface area (Å²) in [6.07, 6.45) is 2.17. The standard InChI is InChI=1S/C10H9N2O/c11-6-9-3-1-8(2-4-9)5-10(12)7-13/h1-4,10H,5,12H2. The molecule has 0 spiro atoms. The molecule has 0 aliphatic heterocycles. The van der Waals surface area contributed by atoms with Gasteiger partial charge in [0.05, 0.1) is 17.7 Å². The van der Waals surface area contributed by atoms with Crippen molar-refractivity contribution in [2.75, 3.05) is 0 Å². The van der Waals surface area contributed by atoms with E-state index in [4.69, 9.17) is 11.0 Å². The van der Waals surface area contributed by atoms with Crippen LogP contribution in [0.25, 0.3) is 0 Å². The maximum Gasteiger partial charge on any atom is 0.217 e. The summed E-state index contributed by atoms with van der Waals surface area (Å²) >= 11 is 0. The van der Waals surface area contributed by atoms with Crippen LogP contribution in [0, 0.1) is 11.3 Å². The minimum absolute atomic E-state index is 0.467. The Labute approximate surface area is 76.8 Å². The molecule has 0 aliphatic rings. The van der Waals surface area contributed by atoms with Crippen LogP contribution >= 0.6 is 0 Å². The lowest BCUT2D eigenvalue weighted by Gasteiger charge is -2.02. The summed E-state index contributed by atoms with van der Waals surface area (Å²) in [6.45, 7) is 0. The van der Waals surface area contributed by atoms with Gasteiger partial charge in [0, 0.05) is 0 Å². The van der Waals surface area contributed by atoms with Crippen LogP contribution in [-0.2, 0) is 11.2 Å². The molecule has 0 aliphatic carbocycles. The van der Waals surface area contributed by atoms with Crippen molar-refractivity contribution in [2.24, 2.45) is 5.73 Å². The highest BCUT2D eigenvalue weighted by molar-refractivity contribution is 5.58. The molecule has 0 bridgehead atoms. The lowest BCUT2D eigenvalue weighted by Crippen LogP contribution is -2.23. The Balaban J connectivity index is 2.70. The molecule has 3 heteroatoms. The van der Waals surface area contributed by atoms with Gasteiger partial charge in [0.2, 0.25) is 6.29 Å². The van der Waals surface area contributed by atoms with Crippen LogP contribution < -0.4 is 5.73 Å². The van der Waals surface area contributed by atoms with E-state index in [0.717, 1.165) is 5.56 Å². The zero-order valence-electron chi connectivity index (χ0n) is 7.03. The van der Waals surface area contributed by atoms with E-state index in [0.29, 0.717) is 12.0 Å². The summed E-state index contributed by atoms with van der Waals surface area (Å²) in [5, 5.41) is 8.52. The van der Waals surface area contributed by atoms with Gasteiger partial charge in [0.1, 0.15) is 0 Å². The Hall–Kier alpha value is -1.66. The number of carbonyl (C=O) groups excluding carboxylic acids is 1. The molecule has 0 aromatic heterocycles. The van der Waals surface area contributed by atoms with Crippen molar-refractivity contribution < 1.29 is 4.79 Å². The third kappa shape index (κ3) is 2.69. The Morgan fingerprint density at radius 1 is 1.38 bits per heavy atom. The molecule has 1 aromatic rings. The van der Waals surface area contributed by atoms with Gasteiger partial charge in [-0.1, -0.05) is 12.1 Å². The average molecular weight is 173 g/mol. The van der Waals surface area contributed by atoms with Gasteiger partial charge in [-0.15, -0.1) is 0 Å². The molecule has 0 amide bonds. The van der Waals surface area contributed by atoms with Crippen LogP contribution in [0.4, 0.5) is 0 Å². The van der Waals surface area contributed by atoms with Gasteiger partial charge < -0.3 is 5.73 Å². The second-order valence-corrected chi connectivity index (χ2v) is 2.74. The fourth-order valence-electron chi connectivity index (χ4n) is 1.01. The molecule has 0 saturated heterocycles. The SMILES string of the molecule is N#Cc1ccc(CC(N)[C]=O)cc1. The molecule has 3 nitrogen and oxygen atoms in total. The van der Waals surface area contributed by atoms with E-state index in [9.17, 15) is 4.79 Å².